The molecule has 0 aromatic carbocycles. The van der Waals surface area contributed by atoms with E-state index < -0.39 is 0 Å². The van der Waals surface area contributed by atoms with Gasteiger partial charge in [0, 0.05) is 0 Å². The summed E-state index contributed by atoms with van der Waals surface area (Å²) in [6.07, 6.45) is 0.726. The van der Waals surface area contributed by atoms with Crippen LogP contribution >= 0.6 is 0 Å². The molecule has 1 atom stereocenters. The maximum Gasteiger partial charge on any atom is 0.320 e. The number of carbonyl (C=O) groups excluding carboxylic acids is 1. The van der Waals surface area contributed by atoms with Gasteiger partial charge in [0.1, 0.15) is 0 Å². The highest BCUT2D eigenvalue weighted by Gasteiger charge is 2.17. The Morgan fingerprint density at radius 1 is 1.50 bits per heavy atom. The van der Waals surface area contributed by atoms with Crippen LogP contribution in [0, 0.1) is 11.3 Å². The summed E-state index contributed by atoms with van der Waals surface area (Å²) in [5.74, 6) is -0.261. The summed E-state index contributed by atoms with van der Waals surface area (Å²) < 4.78 is 4.82. The van der Waals surface area contributed by atoms with Gasteiger partial charge in [-0.2, -0.15) is 5.26 Å². The standard InChI is InChI=1S/C10H18N2O2/c1-4-9(7-11)12(5-2)8-10(13)14-6-3/h9H,4-6,8H2,1-3H3. The fraction of sp³-hybridized carbons (Fsp3) is 0.800. The van der Waals surface area contributed by atoms with Gasteiger partial charge in [-0.1, -0.05) is 13.8 Å². The normalized spacial score (nSPS) is 12.2. The highest BCUT2D eigenvalue weighted by Crippen LogP contribution is 2.02. The minimum Gasteiger partial charge on any atom is -0.465 e. The molecule has 0 fully saturated rings. The van der Waals surface area contributed by atoms with E-state index in [-0.39, 0.29) is 18.6 Å². The second kappa shape index (κ2) is 7.34. The number of hydrogen-bond donors (Lipinski definition) is 0. The SMILES string of the molecule is CCOC(=O)CN(CC)C(C#N)CC. The van der Waals surface area contributed by atoms with Crippen molar-refractivity contribution >= 4 is 5.97 Å². The predicted octanol–water partition coefficient (Wildman–Crippen LogP) is 1.17. The molecule has 1 unspecified atom stereocenters. The van der Waals surface area contributed by atoms with Crippen LogP contribution in [-0.2, 0) is 9.53 Å². The number of hydrogen-bond acceptors (Lipinski definition) is 4. The first-order chi connectivity index (χ1) is 6.69. The molecule has 0 aliphatic rings. The number of esters is 1. The van der Waals surface area contributed by atoms with E-state index in [1.807, 2.05) is 18.7 Å². The third-order valence-electron chi connectivity index (χ3n) is 2.02. The molecular weight excluding hydrogens is 180 g/mol. The van der Waals surface area contributed by atoms with Crippen molar-refractivity contribution in [3.63, 3.8) is 0 Å². The Kier molecular flexibility index (Phi) is 6.77. The van der Waals surface area contributed by atoms with Gasteiger partial charge in [-0.25, -0.2) is 0 Å². The molecule has 0 saturated heterocycles. The van der Waals surface area contributed by atoms with Crippen LogP contribution in [0.2, 0.25) is 0 Å². The molecule has 0 aliphatic carbocycles. The lowest BCUT2D eigenvalue weighted by molar-refractivity contribution is -0.144. The van der Waals surface area contributed by atoms with Crippen LogP contribution in [0.3, 0.4) is 0 Å². The Morgan fingerprint density at radius 2 is 2.14 bits per heavy atom. The summed E-state index contributed by atoms with van der Waals surface area (Å²) in [6, 6.07) is 1.98. The number of nitriles is 1. The Labute approximate surface area is 85.5 Å². The summed E-state index contributed by atoms with van der Waals surface area (Å²) in [4.78, 5) is 13.0. The second-order valence-corrected chi connectivity index (χ2v) is 2.92. The fourth-order valence-corrected chi connectivity index (χ4v) is 1.25. The first-order valence-corrected chi connectivity index (χ1v) is 4.98. The van der Waals surface area contributed by atoms with Crippen molar-refractivity contribution in [1.82, 2.24) is 4.90 Å². The predicted molar refractivity (Wildman–Crippen MR) is 53.6 cm³/mol. The van der Waals surface area contributed by atoms with E-state index in [1.54, 1.807) is 6.92 Å². The first kappa shape index (κ1) is 12.9. The molecule has 14 heavy (non-hydrogen) atoms. The van der Waals surface area contributed by atoms with E-state index in [9.17, 15) is 4.79 Å². The van der Waals surface area contributed by atoms with E-state index >= 15 is 0 Å². The van der Waals surface area contributed by atoms with Crippen LogP contribution in [0.5, 0.6) is 0 Å². The highest BCUT2D eigenvalue weighted by atomic mass is 16.5. The molecule has 0 saturated carbocycles. The third-order valence-corrected chi connectivity index (χ3v) is 2.02. The van der Waals surface area contributed by atoms with E-state index in [4.69, 9.17) is 10.00 Å². The van der Waals surface area contributed by atoms with Crippen LogP contribution in [0.1, 0.15) is 27.2 Å². The molecule has 0 spiro atoms. The van der Waals surface area contributed by atoms with Crippen LogP contribution < -0.4 is 0 Å². The van der Waals surface area contributed by atoms with Crippen molar-refractivity contribution < 1.29 is 9.53 Å². The molecule has 80 valence electrons. The topological polar surface area (TPSA) is 53.3 Å². The van der Waals surface area contributed by atoms with Crippen molar-refractivity contribution in [2.24, 2.45) is 0 Å². The lowest BCUT2D eigenvalue weighted by Gasteiger charge is -2.23. The van der Waals surface area contributed by atoms with Crippen molar-refractivity contribution in [3.05, 3.63) is 0 Å². The van der Waals surface area contributed by atoms with Gasteiger partial charge in [0.2, 0.25) is 0 Å². The minimum atomic E-state index is -0.261. The van der Waals surface area contributed by atoms with Crippen LogP contribution in [0.15, 0.2) is 0 Å². The van der Waals surface area contributed by atoms with Gasteiger partial charge in [0.25, 0.3) is 0 Å². The first-order valence-electron chi connectivity index (χ1n) is 4.98. The van der Waals surface area contributed by atoms with E-state index in [1.165, 1.54) is 0 Å². The quantitative estimate of drug-likeness (QED) is 0.601. The Morgan fingerprint density at radius 3 is 2.50 bits per heavy atom. The van der Waals surface area contributed by atoms with Crippen LogP contribution in [0.25, 0.3) is 0 Å². The minimum absolute atomic E-state index is 0.190. The molecule has 0 aromatic heterocycles. The van der Waals surface area contributed by atoms with Gasteiger partial charge < -0.3 is 4.74 Å². The van der Waals surface area contributed by atoms with Gasteiger partial charge in [0.15, 0.2) is 0 Å². The zero-order chi connectivity index (χ0) is 11.0. The Balaban J connectivity index is 4.14. The van der Waals surface area contributed by atoms with Crippen molar-refractivity contribution in [3.8, 4) is 6.07 Å². The van der Waals surface area contributed by atoms with Gasteiger partial charge in [-0.15, -0.1) is 0 Å². The number of rotatable bonds is 6. The molecule has 0 N–H and O–H groups in total. The molecule has 0 bridgehead atoms. The molecule has 4 nitrogen and oxygen atoms in total. The largest absolute Gasteiger partial charge is 0.465 e. The Hall–Kier alpha value is -1.08. The smallest absolute Gasteiger partial charge is 0.320 e. The molecular formula is C10H18N2O2. The van der Waals surface area contributed by atoms with Crippen LogP contribution in [0.4, 0.5) is 0 Å². The van der Waals surface area contributed by atoms with Crippen molar-refractivity contribution in [2.45, 2.75) is 33.2 Å². The fourth-order valence-electron chi connectivity index (χ4n) is 1.25. The summed E-state index contributed by atoms with van der Waals surface area (Å²) in [5.41, 5.74) is 0. The molecule has 0 aromatic rings. The van der Waals surface area contributed by atoms with Gasteiger partial charge >= 0.3 is 5.97 Å². The van der Waals surface area contributed by atoms with Crippen molar-refractivity contribution in [1.29, 1.82) is 5.26 Å². The summed E-state index contributed by atoms with van der Waals surface area (Å²) in [7, 11) is 0. The lowest BCUT2D eigenvalue weighted by Crippen LogP contribution is -2.38. The van der Waals surface area contributed by atoms with Gasteiger partial charge in [-0.05, 0) is 19.9 Å². The number of ether oxygens (including phenoxy) is 1. The van der Waals surface area contributed by atoms with E-state index in [2.05, 4.69) is 6.07 Å². The monoisotopic (exact) mass is 198 g/mol. The van der Waals surface area contributed by atoms with Crippen molar-refractivity contribution in [2.75, 3.05) is 19.7 Å². The zero-order valence-corrected chi connectivity index (χ0v) is 9.12. The third kappa shape index (κ3) is 4.24. The average molecular weight is 198 g/mol. The molecule has 4 heteroatoms. The average Bonchev–Trinajstić information content (AvgIpc) is 2.18. The Bertz CT molecular complexity index is 211. The molecule has 0 radical (unpaired) electrons. The molecule has 0 heterocycles. The molecule has 0 rings (SSSR count). The van der Waals surface area contributed by atoms with E-state index in [0.29, 0.717) is 13.2 Å². The van der Waals surface area contributed by atoms with Gasteiger partial charge in [0.05, 0.1) is 25.3 Å². The molecule has 0 amide bonds. The summed E-state index contributed by atoms with van der Waals surface area (Å²) in [6.45, 7) is 6.91. The lowest BCUT2D eigenvalue weighted by atomic mass is 10.2. The molecule has 0 aliphatic heterocycles. The maximum absolute atomic E-state index is 11.2. The number of nitrogens with zero attached hydrogens (tertiary/aromatic N) is 2. The second-order valence-electron chi connectivity index (χ2n) is 2.92. The zero-order valence-electron chi connectivity index (χ0n) is 9.12. The highest BCUT2D eigenvalue weighted by molar-refractivity contribution is 5.71. The van der Waals surface area contributed by atoms with Gasteiger partial charge in [-0.3, -0.25) is 9.69 Å². The summed E-state index contributed by atoms with van der Waals surface area (Å²) in [5, 5.41) is 8.83. The summed E-state index contributed by atoms with van der Waals surface area (Å²) >= 11 is 0. The number of carbonyl (C=O) groups is 1. The maximum atomic E-state index is 11.2. The number of likely N-dealkylation sites (N-methyl/N-ethyl adjacent to an activating group) is 1. The van der Waals surface area contributed by atoms with E-state index in [0.717, 1.165) is 6.42 Å². The van der Waals surface area contributed by atoms with Crippen LogP contribution in [-0.4, -0.2) is 36.6 Å².